The number of benzene rings is 1. The summed E-state index contributed by atoms with van der Waals surface area (Å²) in [6.07, 6.45) is 10.8. The summed E-state index contributed by atoms with van der Waals surface area (Å²) in [6, 6.07) is 6.24. The minimum Gasteiger partial charge on any atom is -0.508 e. The van der Waals surface area contributed by atoms with Crippen LogP contribution in [0.25, 0.3) is 0 Å². The molecule has 8 nitrogen and oxygen atoms in total. The van der Waals surface area contributed by atoms with E-state index >= 15 is 0 Å². The van der Waals surface area contributed by atoms with Crippen molar-refractivity contribution >= 4 is 17.6 Å². The molecular formula is C28H42N4O4. The number of amides is 1. The van der Waals surface area contributed by atoms with E-state index in [0.29, 0.717) is 19.5 Å². The number of allylic oxidation sites excluding steroid dienone is 3. The number of alkyl carbamates (subject to hydrolysis) is 1. The molecule has 36 heavy (non-hydrogen) atoms. The smallest absolute Gasteiger partial charge is 0.407 e. The van der Waals surface area contributed by atoms with Crippen LogP contribution in [0.2, 0.25) is 0 Å². The third-order valence-corrected chi connectivity index (χ3v) is 5.89. The summed E-state index contributed by atoms with van der Waals surface area (Å²) in [5, 5.41) is 28.4. The molecule has 1 aromatic rings. The Bertz CT molecular complexity index is 955. The molecule has 0 radical (unpaired) electrons. The maximum atomic E-state index is 11.9. The van der Waals surface area contributed by atoms with Crippen LogP contribution >= 0.6 is 0 Å². The molecule has 3 atom stereocenters. The molecule has 3 unspecified atom stereocenters. The van der Waals surface area contributed by atoms with Gasteiger partial charge in [-0.3, -0.25) is 4.99 Å². The Labute approximate surface area is 215 Å². The number of carbonyl (C=O) groups is 1. The average Bonchev–Trinajstić information content (AvgIpc) is 3.06. The Morgan fingerprint density at radius 3 is 2.75 bits per heavy atom. The topological polar surface area (TPSA) is 115 Å². The van der Waals surface area contributed by atoms with Crippen LogP contribution in [0, 0.1) is 18.8 Å². The van der Waals surface area contributed by atoms with Gasteiger partial charge in [-0.1, -0.05) is 31.2 Å². The van der Waals surface area contributed by atoms with Gasteiger partial charge in [-0.15, -0.1) is 0 Å². The predicted octanol–water partition coefficient (Wildman–Crippen LogP) is 4.47. The van der Waals surface area contributed by atoms with Crippen LogP contribution in [0.1, 0.15) is 44.2 Å². The first-order chi connectivity index (χ1) is 17.3. The van der Waals surface area contributed by atoms with Crippen LogP contribution in [0.4, 0.5) is 10.5 Å². The maximum Gasteiger partial charge on any atom is 0.407 e. The second kappa shape index (κ2) is 15.7. The summed E-state index contributed by atoms with van der Waals surface area (Å²) in [4.78, 5) is 16.8. The number of nitrogens with zero attached hydrogens (tertiary/aromatic N) is 1. The van der Waals surface area contributed by atoms with Gasteiger partial charge < -0.3 is 30.9 Å². The van der Waals surface area contributed by atoms with E-state index < -0.39 is 6.09 Å². The lowest BCUT2D eigenvalue weighted by Gasteiger charge is -2.17. The van der Waals surface area contributed by atoms with Crippen molar-refractivity contribution in [3.63, 3.8) is 0 Å². The second-order valence-corrected chi connectivity index (χ2v) is 9.27. The number of amidine groups is 1. The summed E-state index contributed by atoms with van der Waals surface area (Å²) in [7, 11) is 1.90. The third kappa shape index (κ3) is 10.6. The highest BCUT2D eigenvalue weighted by Gasteiger charge is 2.13. The molecule has 1 aliphatic rings. The summed E-state index contributed by atoms with van der Waals surface area (Å²) >= 11 is 0. The number of carbonyl (C=O) groups excluding carboxylic acids is 1. The van der Waals surface area contributed by atoms with E-state index in [9.17, 15) is 9.90 Å². The van der Waals surface area contributed by atoms with E-state index in [2.05, 4.69) is 48.0 Å². The van der Waals surface area contributed by atoms with Gasteiger partial charge in [0.05, 0.1) is 6.54 Å². The van der Waals surface area contributed by atoms with Gasteiger partial charge in [0.1, 0.15) is 17.7 Å². The number of ether oxygens (including phenoxy) is 1. The van der Waals surface area contributed by atoms with E-state index in [-0.39, 0.29) is 30.3 Å². The average molecular weight is 499 g/mol. The number of aliphatic hydroxyl groups is 2. The zero-order valence-corrected chi connectivity index (χ0v) is 22.0. The fraction of sp³-hybridized carbons (Fsp3) is 0.500. The van der Waals surface area contributed by atoms with E-state index in [0.717, 1.165) is 36.5 Å². The van der Waals surface area contributed by atoms with Crippen molar-refractivity contribution in [3.05, 3.63) is 65.5 Å². The summed E-state index contributed by atoms with van der Waals surface area (Å²) in [5.74, 6) is 1.35. The van der Waals surface area contributed by atoms with Crippen LogP contribution in [-0.2, 0) is 4.74 Å². The highest BCUT2D eigenvalue weighted by Crippen LogP contribution is 2.19. The zero-order chi connectivity index (χ0) is 26.3. The van der Waals surface area contributed by atoms with Gasteiger partial charge in [-0.2, -0.15) is 0 Å². The Balaban J connectivity index is 1.94. The monoisotopic (exact) mass is 498 g/mol. The number of hydrogen-bond acceptors (Lipinski definition) is 6. The van der Waals surface area contributed by atoms with E-state index in [4.69, 9.17) is 14.8 Å². The molecule has 1 aromatic carbocycles. The number of rotatable bonds is 13. The normalized spacial score (nSPS) is 17.1. The molecule has 198 valence electrons. The van der Waals surface area contributed by atoms with Crippen LogP contribution in [0.3, 0.4) is 0 Å². The van der Waals surface area contributed by atoms with E-state index in [1.807, 2.05) is 25.3 Å². The minimum absolute atomic E-state index is 0.00468. The molecule has 0 heterocycles. The van der Waals surface area contributed by atoms with E-state index in [1.165, 1.54) is 5.56 Å². The third-order valence-electron chi connectivity index (χ3n) is 5.89. The second-order valence-electron chi connectivity index (χ2n) is 9.27. The highest BCUT2D eigenvalue weighted by atomic mass is 16.6. The SMILES string of the molecule is CNc1cc(C)ccc1C(=NCC1C=CC=CC(O)=C1)NCCCC(C)CNC(=O)OC(C)CCO. The molecule has 0 saturated carbocycles. The van der Waals surface area contributed by atoms with Gasteiger partial charge in [-0.25, -0.2) is 4.79 Å². The number of aliphatic hydroxyl groups excluding tert-OH is 2. The fourth-order valence-electron chi connectivity index (χ4n) is 3.79. The molecular weight excluding hydrogens is 456 g/mol. The van der Waals surface area contributed by atoms with E-state index in [1.54, 1.807) is 19.1 Å². The van der Waals surface area contributed by atoms with Gasteiger partial charge in [-0.05, 0) is 62.5 Å². The predicted molar refractivity (Wildman–Crippen MR) is 147 cm³/mol. The first-order valence-electron chi connectivity index (χ1n) is 12.7. The standard InChI is InChI=1S/C28H42N4O4/c1-20-11-12-25(26(16-20)29-4)27(31-19-23-9-5-6-10-24(34)17-23)30-14-7-8-21(2)18-32-28(35)36-22(3)13-15-33/h5-6,9-12,16-17,21-23,29,33-34H,7-8,13-15,18-19H2,1-4H3,(H,30,31)(H,32,35). The molecule has 0 spiro atoms. The number of aliphatic imine (C=N–C) groups is 1. The highest BCUT2D eigenvalue weighted by molar-refractivity contribution is 6.03. The number of nitrogens with one attached hydrogen (secondary N) is 3. The lowest BCUT2D eigenvalue weighted by atomic mass is 10.1. The van der Waals surface area contributed by atoms with Crippen molar-refractivity contribution in [1.29, 1.82) is 0 Å². The van der Waals surface area contributed by atoms with Gasteiger partial charge in [0.2, 0.25) is 0 Å². The molecule has 0 bridgehead atoms. The van der Waals surface area contributed by atoms with Gasteiger partial charge in [0.25, 0.3) is 0 Å². The Morgan fingerprint density at radius 2 is 2.00 bits per heavy atom. The maximum absolute atomic E-state index is 11.9. The molecule has 0 fully saturated rings. The van der Waals surface area contributed by atoms with Gasteiger partial charge in [0.15, 0.2) is 0 Å². The van der Waals surface area contributed by atoms with Crippen molar-refractivity contribution in [2.75, 3.05) is 38.6 Å². The van der Waals surface area contributed by atoms with Crippen molar-refractivity contribution in [2.45, 2.75) is 46.1 Å². The fourth-order valence-corrected chi connectivity index (χ4v) is 3.79. The Morgan fingerprint density at radius 1 is 1.19 bits per heavy atom. The van der Waals surface area contributed by atoms with Crippen molar-refractivity contribution < 1.29 is 19.7 Å². The lowest BCUT2D eigenvalue weighted by molar-refractivity contribution is 0.0893. The quantitative estimate of drug-likeness (QED) is 0.156. The first kappa shape index (κ1) is 29.0. The summed E-state index contributed by atoms with van der Waals surface area (Å²) in [6.45, 7) is 7.70. The van der Waals surface area contributed by atoms with Crippen LogP contribution in [-0.4, -0.2) is 61.5 Å². The van der Waals surface area contributed by atoms with Gasteiger partial charge >= 0.3 is 6.09 Å². The molecule has 0 saturated heterocycles. The van der Waals surface area contributed by atoms with Crippen molar-refractivity contribution in [2.24, 2.45) is 16.8 Å². The van der Waals surface area contributed by atoms with Crippen molar-refractivity contribution in [3.8, 4) is 0 Å². The largest absolute Gasteiger partial charge is 0.508 e. The lowest BCUT2D eigenvalue weighted by Crippen LogP contribution is -2.32. The minimum atomic E-state index is -0.447. The Kier molecular flexibility index (Phi) is 12.6. The van der Waals surface area contributed by atoms with Crippen molar-refractivity contribution in [1.82, 2.24) is 10.6 Å². The van der Waals surface area contributed by atoms with Crippen LogP contribution < -0.4 is 16.0 Å². The van der Waals surface area contributed by atoms with Crippen LogP contribution in [0.15, 0.2) is 59.3 Å². The molecule has 5 N–H and O–H groups in total. The molecule has 1 aliphatic carbocycles. The van der Waals surface area contributed by atoms with Crippen LogP contribution in [0.5, 0.6) is 0 Å². The number of aryl methyl sites for hydroxylation is 1. The molecule has 0 aromatic heterocycles. The zero-order valence-electron chi connectivity index (χ0n) is 22.0. The molecule has 2 rings (SSSR count). The molecule has 1 amide bonds. The molecule has 8 heteroatoms. The van der Waals surface area contributed by atoms with Gasteiger partial charge in [0, 0.05) is 50.3 Å². The Hall–Kier alpha value is -3.26. The molecule has 0 aliphatic heterocycles. The number of anilines is 1. The number of hydrogen-bond donors (Lipinski definition) is 5. The first-order valence-corrected chi connectivity index (χ1v) is 12.7. The summed E-state index contributed by atoms with van der Waals surface area (Å²) < 4.78 is 5.20. The summed E-state index contributed by atoms with van der Waals surface area (Å²) in [5.41, 5.74) is 3.17.